The number of benzene rings is 2. The summed E-state index contributed by atoms with van der Waals surface area (Å²) >= 11 is 0. The molecule has 174 valence electrons. The number of furan rings is 1. The number of hydrogen-bond donors (Lipinski definition) is 1. The van der Waals surface area contributed by atoms with Gasteiger partial charge < -0.3 is 23.8 Å². The number of methoxy groups -OCH3 is 2. The molecule has 5 rings (SSSR count). The lowest BCUT2D eigenvalue weighted by Crippen LogP contribution is -2.42. The average molecular weight is 459 g/mol. The number of carbonyl (C=O) groups is 1. The number of rotatable bonds is 4. The standard InChI is InChI=1S/C27H26N2O5/c1-15-10-18-12-20(26(30)28-21(18)11-16(15)2)25-19-14-24(33-4)23(32-3)13-17(19)7-8-29(25)27(31)22-6-5-9-34-22/h5-6,9-14,25H,7-8H2,1-4H3,(H,28,30)/t25-/m1/s1. The third kappa shape index (κ3) is 3.53. The van der Waals surface area contributed by atoms with Gasteiger partial charge in [-0.2, -0.15) is 0 Å². The number of H-pyrrole nitrogens is 1. The molecule has 1 N–H and O–H groups in total. The first-order valence-corrected chi connectivity index (χ1v) is 11.1. The fourth-order valence-electron chi connectivity index (χ4n) is 4.74. The number of pyridine rings is 1. The molecule has 4 aromatic rings. The van der Waals surface area contributed by atoms with Crippen LogP contribution >= 0.6 is 0 Å². The van der Waals surface area contributed by atoms with Crippen molar-refractivity contribution in [3.05, 3.63) is 92.7 Å². The summed E-state index contributed by atoms with van der Waals surface area (Å²) in [6.45, 7) is 4.48. The monoisotopic (exact) mass is 458 g/mol. The smallest absolute Gasteiger partial charge is 0.290 e. The molecule has 1 atom stereocenters. The molecule has 1 amide bonds. The predicted octanol–water partition coefficient (Wildman–Crippen LogP) is 4.54. The Morgan fingerprint density at radius 3 is 2.47 bits per heavy atom. The van der Waals surface area contributed by atoms with Gasteiger partial charge in [-0.1, -0.05) is 0 Å². The number of aromatic amines is 1. The Morgan fingerprint density at radius 2 is 1.76 bits per heavy atom. The van der Waals surface area contributed by atoms with Gasteiger partial charge >= 0.3 is 0 Å². The fourth-order valence-corrected chi connectivity index (χ4v) is 4.74. The van der Waals surface area contributed by atoms with E-state index < -0.39 is 6.04 Å². The number of ether oxygens (including phenoxy) is 2. The summed E-state index contributed by atoms with van der Waals surface area (Å²) in [5.74, 6) is 1.12. The number of hydrogen-bond acceptors (Lipinski definition) is 5. The molecule has 0 aliphatic carbocycles. The third-order valence-corrected chi connectivity index (χ3v) is 6.65. The van der Waals surface area contributed by atoms with Crippen LogP contribution in [0, 0.1) is 13.8 Å². The molecule has 1 aliphatic rings. The van der Waals surface area contributed by atoms with Crippen molar-refractivity contribution < 1.29 is 18.7 Å². The number of aryl methyl sites for hydroxylation is 2. The van der Waals surface area contributed by atoms with Gasteiger partial charge in [-0.25, -0.2) is 0 Å². The van der Waals surface area contributed by atoms with Crippen molar-refractivity contribution in [3.8, 4) is 11.5 Å². The lowest BCUT2D eigenvalue weighted by atomic mass is 9.87. The molecule has 0 spiro atoms. The predicted molar refractivity (Wildman–Crippen MR) is 129 cm³/mol. The van der Waals surface area contributed by atoms with E-state index in [9.17, 15) is 9.59 Å². The molecule has 0 fully saturated rings. The molecule has 2 aromatic carbocycles. The lowest BCUT2D eigenvalue weighted by Gasteiger charge is -2.37. The van der Waals surface area contributed by atoms with E-state index in [1.807, 2.05) is 38.1 Å². The summed E-state index contributed by atoms with van der Waals surface area (Å²) in [4.78, 5) is 31.6. The first-order chi connectivity index (χ1) is 16.4. The zero-order valence-corrected chi connectivity index (χ0v) is 19.6. The van der Waals surface area contributed by atoms with Crippen molar-refractivity contribution in [3.63, 3.8) is 0 Å². The maximum Gasteiger partial charge on any atom is 0.290 e. The maximum absolute atomic E-state index is 13.5. The van der Waals surface area contributed by atoms with Crippen molar-refractivity contribution >= 4 is 16.8 Å². The van der Waals surface area contributed by atoms with E-state index in [1.54, 1.807) is 31.3 Å². The van der Waals surface area contributed by atoms with Gasteiger partial charge in [-0.3, -0.25) is 9.59 Å². The Kier molecular flexibility index (Phi) is 5.40. The molecule has 1 aliphatic heterocycles. The van der Waals surface area contributed by atoms with Crippen molar-refractivity contribution in [1.29, 1.82) is 0 Å². The van der Waals surface area contributed by atoms with Crippen molar-refractivity contribution in [1.82, 2.24) is 9.88 Å². The first kappa shape index (κ1) is 21.8. The van der Waals surface area contributed by atoms with Gasteiger partial charge in [0.2, 0.25) is 0 Å². The van der Waals surface area contributed by atoms with Crippen molar-refractivity contribution in [2.45, 2.75) is 26.3 Å². The van der Waals surface area contributed by atoms with E-state index in [4.69, 9.17) is 13.9 Å². The number of nitrogens with one attached hydrogen (secondary N) is 1. The normalized spacial score (nSPS) is 15.3. The van der Waals surface area contributed by atoms with E-state index in [1.165, 1.54) is 6.26 Å². The lowest BCUT2D eigenvalue weighted by molar-refractivity contribution is 0.0660. The third-order valence-electron chi connectivity index (χ3n) is 6.65. The Bertz CT molecular complexity index is 1450. The van der Waals surface area contributed by atoms with Crippen LogP contribution in [0.15, 0.2) is 57.9 Å². The topological polar surface area (TPSA) is 84.8 Å². The zero-order valence-electron chi connectivity index (χ0n) is 19.6. The number of fused-ring (bicyclic) bond motifs is 2. The molecule has 3 heterocycles. The Hall–Kier alpha value is -4.00. The molecule has 0 radical (unpaired) electrons. The minimum Gasteiger partial charge on any atom is -0.493 e. The second-order valence-electron chi connectivity index (χ2n) is 8.61. The molecular weight excluding hydrogens is 432 g/mol. The Morgan fingerprint density at radius 1 is 1.03 bits per heavy atom. The van der Waals surface area contributed by atoms with Gasteiger partial charge in [-0.05, 0) is 90.4 Å². The molecule has 2 aromatic heterocycles. The fraction of sp³-hybridized carbons (Fsp3) is 0.259. The largest absolute Gasteiger partial charge is 0.493 e. The van der Waals surface area contributed by atoms with Gasteiger partial charge in [0.25, 0.3) is 11.5 Å². The minimum absolute atomic E-state index is 0.234. The van der Waals surface area contributed by atoms with Gasteiger partial charge in [0.15, 0.2) is 17.3 Å². The number of carbonyl (C=O) groups excluding carboxylic acids is 1. The minimum atomic E-state index is -0.615. The molecular formula is C27H26N2O5. The SMILES string of the molecule is COc1cc2c(cc1OC)[C@H](c1cc3cc(C)c(C)cc3[nH]c1=O)N(C(=O)c1ccco1)CC2. The summed E-state index contributed by atoms with van der Waals surface area (Å²) in [5, 5.41) is 0.913. The van der Waals surface area contributed by atoms with Crippen molar-refractivity contribution in [2.75, 3.05) is 20.8 Å². The highest BCUT2D eigenvalue weighted by Crippen LogP contribution is 2.41. The van der Waals surface area contributed by atoms with Gasteiger partial charge in [0, 0.05) is 17.6 Å². The van der Waals surface area contributed by atoms with Gasteiger partial charge in [0.05, 0.1) is 26.5 Å². The highest BCUT2D eigenvalue weighted by molar-refractivity contribution is 5.92. The zero-order chi connectivity index (χ0) is 24.0. The first-order valence-electron chi connectivity index (χ1n) is 11.1. The van der Waals surface area contributed by atoms with Crippen LogP contribution in [0.3, 0.4) is 0 Å². The molecule has 0 bridgehead atoms. The summed E-state index contributed by atoms with van der Waals surface area (Å²) in [6, 6.07) is 12.4. The van der Waals surface area contributed by atoms with Gasteiger partial charge in [0.1, 0.15) is 0 Å². The molecule has 0 saturated heterocycles. The van der Waals surface area contributed by atoms with Crippen LogP contribution in [0.4, 0.5) is 0 Å². The summed E-state index contributed by atoms with van der Waals surface area (Å²) < 4.78 is 16.5. The second kappa shape index (κ2) is 8.41. The van der Waals surface area contributed by atoms with Crippen LogP contribution in [-0.2, 0) is 6.42 Å². The quantitative estimate of drug-likeness (QED) is 0.485. The van der Waals surface area contributed by atoms with E-state index in [-0.39, 0.29) is 17.2 Å². The Balaban J connectivity index is 1.75. The average Bonchev–Trinajstić information content (AvgIpc) is 3.38. The highest BCUT2D eigenvalue weighted by atomic mass is 16.5. The number of aromatic nitrogens is 1. The Labute approximate surface area is 196 Å². The molecule has 7 heteroatoms. The highest BCUT2D eigenvalue weighted by Gasteiger charge is 2.36. The van der Waals surface area contributed by atoms with E-state index in [0.717, 1.165) is 33.2 Å². The molecule has 0 unspecified atom stereocenters. The van der Waals surface area contributed by atoms with Crippen molar-refractivity contribution in [2.24, 2.45) is 0 Å². The van der Waals surface area contributed by atoms with Crippen LogP contribution in [-0.4, -0.2) is 36.6 Å². The van der Waals surface area contributed by atoms with Crippen LogP contribution in [0.1, 0.15) is 44.4 Å². The molecule has 7 nitrogen and oxygen atoms in total. The van der Waals surface area contributed by atoms with Crippen LogP contribution in [0.25, 0.3) is 10.9 Å². The number of nitrogens with zero attached hydrogens (tertiary/aromatic N) is 1. The van der Waals surface area contributed by atoms with Crippen LogP contribution in [0.5, 0.6) is 11.5 Å². The maximum atomic E-state index is 13.5. The summed E-state index contributed by atoms with van der Waals surface area (Å²) in [5.41, 5.74) is 5.09. The summed E-state index contributed by atoms with van der Waals surface area (Å²) in [7, 11) is 3.16. The van der Waals surface area contributed by atoms with E-state index in [2.05, 4.69) is 11.1 Å². The molecule has 34 heavy (non-hydrogen) atoms. The second-order valence-corrected chi connectivity index (χ2v) is 8.61. The van der Waals surface area contributed by atoms with Crippen LogP contribution < -0.4 is 15.0 Å². The molecule has 0 saturated carbocycles. The van der Waals surface area contributed by atoms with E-state index >= 15 is 0 Å². The van der Waals surface area contributed by atoms with Crippen LogP contribution in [0.2, 0.25) is 0 Å². The summed E-state index contributed by atoms with van der Waals surface area (Å²) in [6.07, 6.45) is 2.09. The van der Waals surface area contributed by atoms with E-state index in [0.29, 0.717) is 30.0 Å². The number of amides is 1. The van der Waals surface area contributed by atoms with Gasteiger partial charge in [-0.15, -0.1) is 0 Å².